The molecule has 0 aromatic heterocycles. The van der Waals surface area contributed by atoms with Crippen molar-refractivity contribution in [3.8, 4) is 11.1 Å². The van der Waals surface area contributed by atoms with E-state index in [-0.39, 0.29) is 0 Å². The van der Waals surface area contributed by atoms with Gasteiger partial charge in [0, 0.05) is 0 Å². The maximum atomic E-state index is 11.5. The number of aliphatic hydroxyl groups excluding tert-OH is 3. The minimum Gasteiger partial charge on any atom is -0.384 e. The van der Waals surface area contributed by atoms with Crippen molar-refractivity contribution in [3.05, 3.63) is 118 Å². The number of rotatable bonds is 2. The largest absolute Gasteiger partial charge is 0.384 e. The summed E-state index contributed by atoms with van der Waals surface area (Å²) >= 11 is 0. The molecule has 2 aliphatic rings. The van der Waals surface area contributed by atoms with Crippen LogP contribution in [0, 0.1) is 6.92 Å². The Bertz CT molecular complexity index is 1620. The van der Waals surface area contributed by atoms with Gasteiger partial charge < -0.3 is 15.3 Å². The lowest BCUT2D eigenvalue weighted by Crippen LogP contribution is -2.17. The molecule has 2 aliphatic carbocycles. The molecule has 3 atom stereocenters. The smallest absolute Gasteiger partial charge is 0.105 e. The van der Waals surface area contributed by atoms with Gasteiger partial charge in [-0.25, -0.2) is 0 Å². The topological polar surface area (TPSA) is 60.7 Å². The Hall–Kier alpha value is -3.50. The molecule has 0 saturated carbocycles. The second kappa shape index (κ2) is 6.52. The van der Waals surface area contributed by atoms with Crippen LogP contribution in [0.3, 0.4) is 0 Å². The third-order valence-corrected chi connectivity index (χ3v) is 7.39. The lowest BCUT2D eigenvalue weighted by molar-refractivity contribution is 0.213. The Kier molecular flexibility index (Phi) is 3.76. The summed E-state index contributed by atoms with van der Waals surface area (Å²) in [7, 11) is 0. The van der Waals surface area contributed by atoms with Crippen LogP contribution in [0.15, 0.2) is 78.9 Å². The van der Waals surface area contributed by atoms with Gasteiger partial charge in [0.25, 0.3) is 0 Å². The molecule has 3 nitrogen and oxygen atoms in total. The van der Waals surface area contributed by atoms with Crippen molar-refractivity contribution in [2.75, 3.05) is 0 Å². The highest BCUT2D eigenvalue weighted by Crippen LogP contribution is 2.55. The number of aryl methyl sites for hydroxylation is 1. The van der Waals surface area contributed by atoms with Crippen molar-refractivity contribution < 1.29 is 15.3 Å². The molecule has 33 heavy (non-hydrogen) atoms. The van der Waals surface area contributed by atoms with Gasteiger partial charge in [-0.2, -0.15) is 0 Å². The number of benzene rings is 5. The van der Waals surface area contributed by atoms with Crippen molar-refractivity contribution in [1.29, 1.82) is 0 Å². The zero-order chi connectivity index (χ0) is 22.4. The standard InChI is InChI=1S/C30H22O3/c1-15-11-17-7-9-21-26-24(17)22(12-15)29(32)20-10-8-18-13-19(28(31)16-5-3-2-4-6-16)14-23(30(21)33)25(18)27(20)26/h2-14,28-33H,1H3. The second-order valence-electron chi connectivity index (χ2n) is 9.34. The van der Waals surface area contributed by atoms with Crippen LogP contribution in [0.25, 0.3) is 32.7 Å². The molecule has 7 rings (SSSR count). The lowest BCUT2D eigenvalue weighted by Gasteiger charge is -2.34. The normalized spacial score (nSPS) is 18.8. The summed E-state index contributed by atoms with van der Waals surface area (Å²) in [5.74, 6) is 0. The van der Waals surface area contributed by atoms with Crippen LogP contribution >= 0.6 is 0 Å². The molecular formula is C30H22O3. The van der Waals surface area contributed by atoms with Crippen molar-refractivity contribution in [2.45, 2.75) is 25.2 Å². The molecule has 0 aliphatic heterocycles. The Labute approximate surface area is 191 Å². The number of aliphatic hydroxyl groups is 3. The predicted molar refractivity (Wildman–Crippen MR) is 130 cm³/mol. The molecule has 5 aromatic carbocycles. The van der Waals surface area contributed by atoms with Crippen molar-refractivity contribution >= 4 is 21.5 Å². The molecule has 5 aromatic rings. The van der Waals surface area contributed by atoms with Crippen LogP contribution in [0.4, 0.5) is 0 Å². The molecule has 0 heterocycles. The Morgan fingerprint density at radius 2 is 1.18 bits per heavy atom. The van der Waals surface area contributed by atoms with E-state index in [0.29, 0.717) is 0 Å². The third kappa shape index (κ3) is 2.44. The molecular weight excluding hydrogens is 408 g/mol. The van der Waals surface area contributed by atoms with E-state index in [4.69, 9.17) is 0 Å². The van der Waals surface area contributed by atoms with E-state index in [1.807, 2.05) is 73.7 Å². The molecule has 0 saturated heterocycles. The summed E-state index contributed by atoms with van der Waals surface area (Å²) in [4.78, 5) is 0. The number of hydrogen-bond acceptors (Lipinski definition) is 3. The summed E-state index contributed by atoms with van der Waals surface area (Å²) in [6, 6.07) is 25.7. The summed E-state index contributed by atoms with van der Waals surface area (Å²) in [5, 5.41) is 38.1. The molecule has 0 amide bonds. The first-order chi connectivity index (χ1) is 16.0. The van der Waals surface area contributed by atoms with Crippen LogP contribution in [-0.4, -0.2) is 15.3 Å². The minimum atomic E-state index is -0.804. The highest BCUT2D eigenvalue weighted by atomic mass is 16.3. The van der Waals surface area contributed by atoms with Gasteiger partial charge >= 0.3 is 0 Å². The highest BCUT2D eigenvalue weighted by molar-refractivity contribution is 6.14. The molecule has 3 heteroatoms. The van der Waals surface area contributed by atoms with Gasteiger partial charge in [0.2, 0.25) is 0 Å². The summed E-state index contributed by atoms with van der Waals surface area (Å²) in [5.41, 5.74) is 8.13. The van der Waals surface area contributed by atoms with Gasteiger partial charge in [-0.05, 0) is 85.1 Å². The quantitative estimate of drug-likeness (QED) is 0.330. The SMILES string of the molecule is Cc1cc2c3c4c(ccc3c1)C(O)c1cc(C(O)c3ccccc3)cc3ccc(c-4c13)C2O. The third-order valence-electron chi connectivity index (χ3n) is 7.39. The molecule has 0 spiro atoms. The van der Waals surface area contributed by atoms with E-state index < -0.39 is 18.3 Å². The fourth-order valence-electron chi connectivity index (χ4n) is 5.96. The average molecular weight is 431 g/mol. The van der Waals surface area contributed by atoms with Gasteiger partial charge in [-0.15, -0.1) is 0 Å². The van der Waals surface area contributed by atoms with E-state index in [2.05, 4.69) is 12.1 Å². The van der Waals surface area contributed by atoms with Crippen LogP contribution < -0.4 is 0 Å². The van der Waals surface area contributed by atoms with Crippen molar-refractivity contribution in [1.82, 2.24) is 0 Å². The summed E-state index contributed by atoms with van der Waals surface area (Å²) in [6.45, 7) is 2.05. The highest BCUT2D eigenvalue weighted by Gasteiger charge is 2.35. The van der Waals surface area contributed by atoms with E-state index >= 15 is 0 Å². The Balaban J connectivity index is 1.58. The van der Waals surface area contributed by atoms with Gasteiger partial charge in [0.05, 0.1) is 0 Å². The van der Waals surface area contributed by atoms with Gasteiger partial charge in [0.15, 0.2) is 0 Å². The fourth-order valence-corrected chi connectivity index (χ4v) is 5.96. The Morgan fingerprint density at radius 1 is 0.606 bits per heavy atom. The van der Waals surface area contributed by atoms with Crippen LogP contribution in [-0.2, 0) is 0 Å². The van der Waals surface area contributed by atoms with Crippen molar-refractivity contribution in [2.24, 2.45) is 0 Å². The van der Waals surface area contributed by atoms with Crippen molar-refractivity contribution in [3.63, 3.8) is 0 Å². The first kappa shape index (κ1) is 19.0. The lowest BCUT2D eigenvalue weighted by atomic mass is 9.71. The predicted octanol–water partition coefficient (Wildman–Crippen LogP) is 5.84. The van der Waals surface area contributed by atoms with Gasteiger partial charge in [-0.3, -0.25) is 0 Å². The zero-order valence-electron chi connectivity index (χ0n) is 18.1. The minimum absolute atomic E-state index is 0.716. The fraction of sp³-hybridized carbons (Fsp3) is 0.133. The first-order valence-corrected chi connectivity index (χ1v) is 11.3. The summed E-state index contributed by atoms with van der Waals surface area (Å²) < 4.78 is 0. The second-order valence-corrected chi connectivity index (χ2v) is 9.34. The van der Waals surface area contributed by atoms with Crippen LogP contribution in [0.5, 0.6) is 0 Å². The molecule has 0 radical (unpaired) electrons. The average Bonchev–Trinajstić information content (AvgIpc) is 2.84. The zero-order valence-corrected chi connectivity index (χ0v) is 18.1. The Morgan fingerprint density at radius 3 is 1.82 bits per heavy atom. The molecule has 3 unspecified atom stereocenters. The van der Waals surface area contributed by atoms with E-state index in [1.165, 1.54) is 0 Å². The first-order valence-electron chi connectivity index (χ1n) is 11.3. The van der Waals surface area contributed by atoms with E-state index in [0.717, 1.165) is 71.6 Å². The molecule has 0 bridgehead atoms. The maximum Gasteiger partial charge on any atom is 0.105 e. The van der Waals surface area contributed by atoms with E-state index in [9.17, 15) is 15.3 Å². The number of hydrogen-bond donors (Lipinski definition) is 3. The summed E-state index contributed by atoms with van der Waals surface area (Å²) in [6.07, 6.45) is -2.30. The molecule has 3 N–H and O–H groups in total. The van der Waals surface area contributed by atoms with Crippen LogP contribution in [0.2, 0.25) is 0 Å². The van der Waals surface area contributed by atoms with Crippen LogP contribution in [0.1, 0.15) is 57.3 Å². The van der Waals surface area contributed by atoms with Gasteiger partial charge in [0.1, 0.15) is 18.3 Å². The van der Waals surface area contributed by atoms with Gasteiger partial charge in [-0.1, -0.05) is 72.3 Å². The molecule has 0 fully saturated rings. The monoisotopic (exact) mass is 430 g/mol. The molecule has 160 valence electrons. The van der Waals surface area contributed by atoms with E-state index in [1.54, 1.807) is 0 Å². The maximum absolute atomic E-state index is 11.5.